The van der Waals surface area contributed by atoms with Crippen LogP contribution in [-0.4, -0.2) is 62.8 Å². The summed E-state index contributed by atoms with van der Waals surface area (Å²) >= 11 is 0. The van der Waals surface area contributed by atoms with E-state index >= 15 is 0 Å². The van der Waals surface area contributed by atoms with Gasteiger partial charge in [0.05, 0.1) is 12.6 Å². The summed E-state index contributed by atoms with van der Waals surface area (Å²) in [4.78, 5) is 13.7. The minimum Gasteiger partial charge on any atom is -0.377 e. The molecule has 1 atom stereocenters. The SMILES string of the molecule is O=C(CNC[C@H]1CCCO1)N1CCNCC1. The molecular formula is C11H21N3O2. The largest absolute Gasteiger partial charge is 0.377 e. The molecule has 0 radical (unpaired) electrons. The van der Waals surface area contributed by atoms with E-state index in [4.69, 9.17) is 4.74 Å². The van der Waals surface area contributed by atoms with Crippen LogP contribution in [0.5, 0.6) is 0 Å². The molecule has 0 aromatic carbocycles. The van der Waals surface area contributed by atoms with Crippen LogP contribution in [0.4, 0.5) is 0 Å². The second-order valence-electron chi connectivity index (χ2n) is 4.40. The molecule has 5 heteroatoms. The van der Waals surface area contributed by atoms with E-state index in [0.717, 1.165) is 52.2 Å². The number of hydrogen-bond acceptors (Lipinski definition) is 4. The maximum atomic E-state index is 11.8. The van der Waals surface area contributed by atoms with Crippen molar-refractivity contribution in [2.75, 3.05) is 45.9 Å². The lowest BCUT2D eigenvalue weighted by atomic mass is 10.2. The molecule has 0 aliphatic carbocycles. The topological polar surface area (TPSA) is 53.6 Å². The van der Waals surface area contributed by atoms with Crippen molar-refractivity contribution in [3.05, 3.63) is 0 Å². The second-order valence-corrected chi connectivity index (χ2v) is 4.40. The van der Waals surface area contributed by atoms with Gasteiger partial charge in [0.2, 0.25) is 5.91 Å². The molecule has 0 bridgehead atoms. The van der Waals surface area contributed by atoms with Gasteiger partial charge in [-0.1, -0.05) is 0 Å². The number of nitrogens with zero attached hydrogens (tertiary/aromatic N) is 1. The third-order valence-corrected chi connectivity index (χ3v) is 3.14. The number of hydrogen-bond donors (Lipinski definition) is 2. The molecule has 16 heavy (non-hydrogen) atoms. The smallest absolute Gasteiger partial charge is 0.236 e. The number of carbonyl (C=O) groups excluding carboxylic acids is 1. The molecule has 2 heterocycles. The van der Waals surface area contributed by atoms with Crippen LogP contribution in [-0.2, 0) is 9.53 Å². The van der Waals surface area contributed by atoms with Gasteiger partial charge in [-0.25, -0.2) is 0 Å². The summed E-state index contributed by atoms with van der Waals surface area (Å²) in [6.45, 7) is 5.62. The molecule has 2 N–H and O–H groups in total. The van der Waals surface area contributed by atoms with Crippen molar-refractivity contribution in [1.29, 1.82) is 0 Å². The lowest BCUT2D eigenvalue weighted by Gasteiger charge is -2.27. The van der Waals surface area contributed by atoms with Crippen molar-refractivity contribution in [3.63, 3.8) is 0 Å². The molecule has 0 aromatic rings. The van der Waals surface area contributed by atoms with Gasteiger partial charge < -0.3 is 20.3 Å². The van der Waals surface area contributed by atoms with Crippen molar-refractivity contribution in [2.24, 2.45) is 0 Å². The summed E-state index contributed by atoms with van der Waals surface area (Å²) in [6.07, 6.45) is 2.59. The van der Waals surface area contributed by atoms with Gasteiger partial charge >= 0.3 is 0 Å². The zero-order chi connectivity index (χ0) is 11.2. The summed E-state index contributed by atoms with van der Waals surface area (Å²) in [5.41, 5.74) is 0. The lowest BCUT2D eigenvalue weighted by molar-refractivity contribution is -0.130. The van der Waals surface area contributed by atoms with E-state index in [2.05, 4.69) is 10.6 Å². The fraction of sp³-hybridized carbons (Fsp3) is 0.909. The average molecular weight is 227 g/mol. The number of rotatable bonds is 4. The Morgan fingerprint density at radius 1 is 1.44 bits per heavy atom. The van der Waals surface area contributed by atoms with Crippen LogP contribution in [0.3, 0.4) is 0 Å². The monoisotopic (exact) mass is 227 g/mol. The Morgan fingerprint density at radius 3 is 2.94 bits per heavy atom. The Hall–Kier alpha value is -0.650. The summed E-state index contributed by atoms with van der Waals surface area (Å²) < 4.78 is 5.48. The molecule has 2 aliphatic heterocycles. The van der Waals surface area contributed by atoms with E-state index in [0.29, 0.717) is 12.6 Å². The second kappa shape index (κ2) is 6.18. The number of amides is 1. The maximum Gasteiger partial charge on any atom is 0.236 e. The first kappa shape index (κ1) is 11.8. The predicted molar refractivity (Wildman–Crippen MR) is 61.3 cm³/mol. The molecule has 5 nitrogen and oxygen atoms in total. The van der Waals surface area contributed by atoms with E-state index < -0.39 is 0 Å². The minimum absolute atomic E-state index is 0.208. The highest BCUT2D eigenvalue weighted by Crippen LogP contribution is 2.10. The first-order valence-electron chi connectivity index (χ1n) is 6.17. The Kier molecular flexibility index (Phi) is 4.56. The molecule has 2 saturated heterocycles. The number of nitrogens with one attached hydrogen (secondary N) is 2. The van der Waals surface area contributed by atoms with Crippen LogP contribution in [0.2, 0.25) is 0 Å². The van der Waals surface area contributed by atoms with Crippen molar-refractivity contribution in [3.8, 4) is 0 Å². The fourth-order valence-electron chi connectivity index (χ4n) is 2.17. The van der Waals surface area contributed by atoms with Crippen molar-refractivity contribution in [1.82, 2.24) is 15.5 Å². The van der Waals surface area contributed by atoms with Crippen molar-refractivity contribution < 1.29 is 9.53 Å². The third-order valence-electron chi connectivity index (χ3n) is 3.14. The highest BCUT2D eigenvalue weighted by Gasteiger charge is 2.18. The highest BCUT2D eigenvalue weighted by molar-refractivity contribution is 5.78. The van der Waals surface area contributed by atoms with Gasteiger partial charge in [0.25, 0.3) is 0 Å². The van der Waals surface area contributed by atoms with Crippen LogP contribution in [0, 0.1) is 0 Å². The summed E-state index contributed by atoms with van der Waals surface area (Å²) in [5.74, 6) is 0.208. The van der Waals surface area contributed by atoms with E-state index in [1.165, 1.54) is 0 Å². The Labute approximate surface area is 96.5 Å². The van der Waals surface area contributed by atoms with Gasteiger partial charge in [-0.05, 0) is 12.8 Å². The summed E-state index contributed by atoms with van der Waals surface area (Å²) in [7, 11) is 0. The zero-order valence-electron chi connectivity index (χ0n) is 9.71. The van der Waals surface area contributed by atoms with Crippen molar-refractivity contribution in [2.45, 2.75) is 18.9 Å². The quantitative estimate of drug-likeness (QED) is 0.659. The average Bonchev–Trinajstić information content (AvgIpc) is 2.83. The highest BCUT2D eigenvalue weighted by atomic mass is 16.5. The van der Waals surface area contributed by atoms with Gasteiger partial charge in [-0.2, -0.15) is 0 Å². The van der Waals surface area contributed by atoms with Crippen LogP contribution in [0.1, 0.15) is 12.8 Å². The van der Waals surface area contributed by atoms with Gasteiger partial charge in [-0.15, -0.1) is 0 Å². The molecule has 2 rings (SSSR count). The number of ether oxygens (including phenoxy) is 1. The summed E-state index contributed by atoms with van der Waals surface area (Å²) in [6, 6.07) is 0. The predicted octanol–water partition coefficient (Wildman–Crippen LogP) is -0.813. The third kappa shape index (κ3) is 3.43. The van der Waals surface area contributed by atoms with E-state index in [1.807, 2.05) is 4.90 Å². The fourth-order valence-corrected chi connectivity index (χ4v) is 2.17. The van der Waals surface area contributed by atoms with E-state index in [9.17, 15) is 4.79 Å². The lowest BCUT2D eigenvalue weighted by Crippen LogP contribution is -2.49. The van der Waals surface area contributed by atoms with Gasteiger partial charge in [-0.3, -0.25) is 4.79 Å². The Bertz CT molecular complexity index is 223. The molecule has 2 fully saturated rings. The van der Waals surface area contributed by atoms with Crippen LogP contribution in [0.25, 0.3) is 0 Å². The molecule has 1 amide bonds. The van der Waals surface area contributed by atoms with Gasteiger partial charge in [0.15, 0.2) is 0 Å². The van der Waals surface area contributed by atoms with Crippen LogP contribution >= 0.6 is 0 Å². The normalized spacial score (nSPS) is 26.0. The van der Waals surface area contributed by atoms with Gasteiger partial charge in [0.1, 0.15) is 0 Å². The van der Waals surface area contributed by atoms with Crippen LogP contribution in [0.15, 0.2) is 0 Å². The number of piperazine rings is 1. The van der Waals surface area contributed by atoms with E-state index in [1.54, 1.807) is 0 Å². The van der Waals surface area contributed by atoms with E-state index in [-0.39, 0.29) is 5.91 Å². The molecule has 0 saturated carbocycles. The first-order chi connectivity index (χ1) is 7.86. The molecule has 0 spiro atoms. The van der Waals surface area contributed by atoms with Crippen molar-refractivity contribution >= 4 is 5.91 Å². The minimum atomic E-state index is 0.208. The summed E-state index contributed by atoms with van der Waals surface area (Å²) in [5, 5.41) is 6.42. The Balaban J connectivity index is 1.59. The van der Waals surface area contributed by atoms with Crippen LogP contribution < -0.4 is 10.6 Å². The molecular weight excluding hydrogens is 206 g/mol. The van der Waals surface area contributed by atoms with Gasteiger partial charge in [0, 0.05) is 39.3 Å². The molecule has 2 aliphatic rings. The molecule has 0 unspecified atom stereocenters. The molecule has 0 aromatic heterocycles. The number of carbonyl (C=O) groups is 1. The zero-order valence-corrected chi connectivity index (χ0v) is 9.71. The molecule has 92 valence electrons. The first-order valence-corrected chi connectivity index (χ1v) is 6.17. The maximum absolute atomic E-state index is 11.8. The Morgan fingerprint density at radius 2 is 2.25 bits per heavy atom. The standard InChI is InChI=1S/C11H21N3O2/c15-11(14-5-3-12-4-6-14)9-13-8-10-2-1-7-16-10/h10,12-13H,1-9H2/t10-/m1/s1.